The molecule has 0 unspecified atom stereocenters. The first-order valence-electron chi connectivity index (χ1n) is 10.0. The van der Waals surface area contributed by atoms with Gasteiger partial charge in [-0.3, -0.25) is 0 Å². The van der Waals surface area contributed by atoms with Gasteiger partial charge in [-0.2, -0.15) is 4.31 Å². The Balaban J connectivity index is 1.73. The van der Waals surface area contributed by atoms with E-state index in [1.807, 2.05) is 6.07 Å². The van der Waals surface area contributed by atoms with Gasteiger partial charge in [0.2, 0.25) is 10.0 Å². The molecule has 2 N–H and O–H groups in total. The molecule has 2 aliphatic heterocycles. The highest BCUT2D eigenvalue weighted by atomic mass is 32.2. The maximum atomic E-state index is 12.8. The summed E-state index contributed by atoms with van der Waals surface area (Å²) in [5, 5.41) is 0. The lowest BCUT2D eigenvalue weighted by atomic mass is 9.94. The van der Waals surface area contributed by atoms with Crippen LogP contribution in [0.25, 0.3) is 11.0 Å². The van der Waals surface area contributed by atoms with Crippen LogP contribution in [-0.2, 0) is 26.7 Å². The number of aromatic nitrogens is 2. The number of hydrogen-bond donors (Lipinski definition) is 1. The summed E-state index contributed by atoms with van der Waals surface area (Å²) in [5.41, 5.74) is 7.37. The molecule has 0 aliphatic carbocycles. The van der Waals surface area contributed by atoms with Crippen LogP contribution >= 0.6 is 0 Å². The van der Waals surface area contributed by atoms with Crippen LogP contribution in [0.5, 0.6) is 0 Å². The first-order valence-corrected chi connectivity index (χ1v) is 11.4. The van der Waals surface area contributed by atoms with Gasteiger partial charge in [0.25, 0.3) is 0 Å². The van der Waals surface area contributed by atoms with E-state index in [-0.39, 0.29) is 11.5 Å². The number of rotatable bonds is 4. The molecule has 1 aromatic carbocycles. The smallest absolute Gasteiger partial charge is 0.243 e. The summed E-state index contributed by atoms with van der Waals surface area (Å²) in [6, 6.07) is 5.26. The van der Waals surface area contributed by atoms with Crippen LogP contribution in [-0.4, -0.2) is 54.6 Å². The Morgan fingerprint density at radius 3 is 2.50 bits per heavy atom. The van der Waals surface area contributed by atoms with E-state index >= 15 is 0 Å². The lowest BCUT2D eigenvalue weighted by molar-refractivity contribution is 0.0611. The normalized spacial score (nSPS) is 20.6. The second kappa shape index (κ2) is 7.09. The van der Waals surface area contributed by atoms with Crippen LogP contribution in [0.15, 0.2) is 23.1 Å². The maximum Gasteiger partial charge on any atom is 0.243 e. The van der Waals surface area contributed by atoms with Crippen molar-refractivity contribution in [2.75, 3.05) is 26.3 Å². The molecule has 8 heteroatoms. The highest BCUT2D eigenvalue weighted by molar-refractivity contribution is 7.89. The van der Waals surface area contributed by atoms with Crippen LogP contribution in [0.4, 0.5) is 0 Å². The molecular formula is C20H30N4O3S. The molecule has 2 fully saturated rings. The van der Waals surface area contributed by atoms with E-state index in [1.165, 1.54) is 4.31 Å². The number of imidazole rings is 1. The molecule has 2 aromatic rings. The SMILES string of the molecule is CC(C)(C)c1nc2cc(S(=O)(=O)N3CC(N)C3)ccc2n1CC1CCOCC1. The van der Waals surface area contributed by atoms with E-state index < -0.39 is 10.0 Å². The Kier molecular flexibility index (Phi) is 5.02. The predicted octanol–water partition coefficient (Wildman–Crippen LogP) is 2.09. The van der Waals surface area contributed by atoms with Crippen LogP contribution in [0, 0.1) is 5.92 Å². The first-order chi connectivity index (χ1) is 13.2. The summed E-state index contributed by atoms with van der Waals surface area (Å²) < 4.78 is 34.9. The van der Waals surface area contributed by atoms with Crippen LogP contribution in [0.2, 0.25) is 0 Å². The molecule has 2 aliphatic rings. The minimum absolute atomic E-state index is 0.0651. The van der Waals surface area contributed by atoms with Crippen molar-refractivity contribution < 1.29 is 13.2 Å². The number of fused-ring (bicyclic) bond motifs is 1. The second-order valence-corrected chi connectivity index (χ2v) is 11.0. The van der Waals surface area contributed by atoms with Crippen molar-refractivity contribution >= 4 is 21.1 Å². The van der Waals surface area contributed by atoms with Crippen LogP contribution in [0.1, 0.15) is 39.4 Å². The number of sulfonamides is 1. The van der Waals surface area contributed by atoms with Gasteiger partial charge in [0.05, 0.1) is 15.9 Å². The molecule has 0 amide bonds. The molecule has 7 nitrogen and oxygen atoms in total. The van der Waals surface area contributed by atoms with Gasteiger partial charge in [0.15, 0.2) is 0 Å². The molecule has 4 rings (SSSR count). The number of nitrogens with zero attached hydrogens (tertiary/aromatic N) is 3. The Bertz CT molecular complexity index is 965. The van der Waals surface area contributed by atoms with Crippen molar-refractivity contribution in [3.05, 3.63) is 24.0 Å². The van der Waals surface area contributed by atoms with Gasteiger partial charge < -0.3 is 15.0 Å². The molecule has 154 valence electrons. The molecule has 0 spiro atoms. The molecule has 0 bridgehead atoms. The number of ether oxygens (including phenoxy) is 1. The lowest BCUT2D eigenvalue weighted by Gasteiger charge is -2.35. The van der Waals surface area contributed by atoms with Gasteiger partial charge in [-0.05, 0) is 37.0 Å². The van der Waals surface area contributed by atoms with E-state index in [2.05, 4.69) is 25.3 Å². The van der Waals surface area contributed by atoms with Crippen molar-refractivity contribution in [1.82, 2.24) is 13.9 Å². The molecule has 0 atom stereocenters. The Hall–Kier alpha value is -1.48. The van der Waals surface area contributed by atoms with Crippen molar-refractivity contribution in [3.8, 4) is 0 Å². The van der Waals surface area contributed by atoms with Crippen molar-refractivity contribution in [1.29, 1.82) is 0 Å². The third kappa shape index (κ3) is 3.58. The summed E-state index contributed by atoms with van der Waals surface area (Å²) in [4.78, 5) is 5.16. The van der Waals surface area contributed by atoms with Gasteiger partial charge in [0, 0.05) is 44.3 Å². The largest absolute Gasteiger partial charge is 0.381 e. The molecule has 1 aromatic heterocycles. The fourth-order valence-electron chi connectivity index (χ4n) is 4.03. The number of benzene rings is 1. The highest BCUT2D eigenvalue weighted by Crippen LogP contribution is 2.31. The van der Waals surface area contributed by atoms with Crippen molar-refractivity contribution in [2.24, 2.45) is 11.7 Å². The minimum Gasteiger partial charge on any atom is -0.381 e. The summed E-state index contributed by atoms with van der Waals surface area (Å²) in [6.45, 7) is 9.71. The minimum atomic E-state index is -3.51. The van der Waals surface area contributed by atoms with E-state index in [1.54, 1.807) is 12.1 Å². The fourth-order valence-corrected chi connectivity index (χ4v) is 5.60. The van der Waals surface area contributed by atoms with Crippen LogP contribution < -0.4 is 5.73 Å². The van der Waals surface area contributed by atoms with E-state index in [0.717, 1.165) is 49.5 Å². The number of hydrogen-bond acceptors (Lipinski definition) is 5. The first kappa shape index (κ1) is 19.8. The second-order valence-electron chi connectivity index (χ2n) is 9.08. The Morgan fingerprint density at radius 2 is 1.89 bits per heavy atom. The van der Waals surface area contributed by atoms with Crippen LogP contribution in [0.3, 0.4) is 0 Å². The molecule has 0 saturated carbocycles. The van der Waals surface area contributed by atoms with Gasteiger partial charge >= 0.3 is 0 Å². The van der Waals surface area contributed by atoms with Gasteiger partial charge in [0.1, 0.15) is 5.82 Å². The molecule has 2 saturated heterocycles. The quantitative estimate of drug-likeness (QED) is 0.840. The van der Waals surface area contributed by atoms with Crippen molar-refractivity contribution in [2.45, 2.75) is 56.5 Å². The molecule has 28 heavy (non-hydrogen) atoms. The Morgan fingerprint density at radius 1 is 1.21 bits per heavy atom. The van der Waals surface area contributed by atoms with E-state index in [0.29, 0.717) is 23.9 Å². The monoisotopic (exact) mass is 406 g/mol. The fraction of sp³-hybridized carbons (Fsp3) is 0.650. The summed E-state index contributed by atoms with van der Waals surface area (Å²) in [7, 11) is -3.51. The summed E-state index contributed by atoms with van der Waals surface area (Å²) in [6.07, 6.45) is 2.09. The predicted molar refractivity (Wildman–Crippen MR) is 109 cm³/mol. The summed E-state index contributed by atoms with van der Waals surface area (Å²) in [5.74, 6) is 1.55. The third-order valence-corrected chi connectivity index (χ3v) is 7.51. The van der Waals surface area contributed by atoms with Gasteiger partial charge in [-0.1, -0.05) is 20.8 Å². The average molecular weight is 407 g/mol. The van der Waals surface area contributed by atoms with Gasteiger partial charge in [-0.25, -0.2) is 13.4 Å². The lowest BCUT2D eigenvalue weighted by Crippen LogP contribution is -2.57. The van der Waals surface area contributed by atoms with Crippen molar-refractivity contribution in [3.63, 3.8) is 0 Å². The maximum absolute atomic E-state index is 12.8. The zero-order valence-electron chi connectivity index (χ0n) is 16.9. The third-order valence-electron chi connectivity index (χ3n) is 5.69. The highest BCUT2D eigenvalue weighted by Gasteiger charge is 2.35. The standard InChI is InChI=1S/C20H30N4O3S/c1-20(2,3)19-22-17-10-16(28(25,26)23-12-15(21)13-23)4-5-18(17)24(19)11-14-6-8-27-9-7-14/h4-5,10,14-15H,6-9,11-13,21H2,1-3H3. The van der Waals surface area contributed by atoms with Gasteiger partial charge in [-0.15, -0.1) is 0 Å². The number of nitrogens with two attached hydrogens (primary N) is 1. The molecule has 3 heterocycles. The Labute approximate surface area is 166 Å². The zero-order valence-corrected chi connectivity index (χ0v) is 17.7. The summed E-state index contributed by atoms with van der Waals surface area (Å²) >= 11 is 0. The molecular weight excluding hydrogens is 376 g/mol. The zero-order chi connectivity index (χ0) is 20.1. The van der Waals surface area contributed by atoms with E-state index in [4.69, 9.17) is 15.5 Å². The van der Waals surface area contributed by atoms with E-state index in [9.17, 15) is 8.42 Å². The average Bonchev–Trinajstić information content (AvgIpc) is 2.98. The molecule has 0 radical (unpaired) electrons. The topological polar surface area (TPSA) is 90.5 Å².